The Morgan fingerprint density at radius 3 is 2.54 bits per heavy atom. The molecule has 0 unspecified atom stereocenters. The van der Waals surface area contributed by atoms with Crippen LogP contribution in [0.3, 0.4) is 0 Å². The van der Waals surface area contributed by atoms with Gasteiger partial charge in [0.1, 0.15) is 17.3 Å². The summed E-state index contributed by atoms with van der Waals surface area (Å²) < 4.78 is 5.83. The minimum Gasteiger partial charge on any atom is -0.457 e. The van der Waals surface area contributed by atoms with Gasteiger partial charge in [-0.25, -0.2) is 4.98 Å². The van der Waals surface area contributed by atoms with Gasteiger partial charge in [-0.1, -0.05) is 24.3 Å². The number of ether oxygens (including phenoxy) is 1. The minimum atomic E-state index is -0.177. The molecule has 0 atom stereocenters. The first-order valence-electron chi connectivity index (χ1n) is 8.00. The molecule has 0 fully saturated rings. The van der Waals surface area contributed by atoms with E-state index in [1.807, 2.05) is 42.5 Å². The second-order valence-electron chi connectivity index (χ2n) is 5.70. The Morgan fingerprint density at radius 1 is 0.923 bits per heavy atom. The van der Waals surface area contributed by atoms with Gasteiger partial charge in [0, 0.05) is 5.56 Å². The summed E-state index contributed by atoms with van der Waals surface area (Å²) in [5, 5.41) is 9.41. The number of nitrogens with one attached hydrogen (secondary N) is 1. The molecule has 5 nitrogen and oxygen atoms in total. The van der Waals surface area contributed by atoms with Gasteiger partial charge < -0.3 is 9.72 Å². The number of nitriles is 1. The number of aromatic nitrogens is 2. The lowest BCUT2D eigenvalue weighted by molar-refractivity contribution is 0.483. The van der Waals surface area contributed by atoms with Crippen LogP contribution in [0.1, 0.15) is 5.56 Å². The summed E-state index contributed by atoms with van der Waals surface area (Å²) >= 11 is 0. The fourth-order valence-corrected chi connectivity index (χ4v) is 2.66. The summed E-state index contributed by atoms with van der Waals surface area (Å²) in [6.45, 7) is 0. The predicted molar refractivity (Wildman–Crippen MR) is 99.0 cm³/mol. The van der Waals surface area contributed by atoms with Crippen molar-refractivity contribution >= 4 is 10.9 Å². The molecule has 5 heteroatoms. The van der Waals surface area contributed by atoms with Crippen LogP contribution < -0.4 is 10.3 Å². The molecule has 0 saturated heterocycles. The van der Waals surface area contributed by atoms with Gasteiger partial charge in [-0.05, 0) is 48.5 Å². The van der Waals surface area contributed by atoms with Crippen LogP contribution in [-0.2, 0) is 0 Å². The Kier molecular flexibility index (Phi) is 3.92. The van der Waals surface area contributed by atoms with Crippen molar-refractivity contribution in [3.63, 3.8) is 0 Å². The topological polar surface area (TPSA) is 78.8 Å². The molecule has 124 valence electrons. The van der Waals surface area contributed by atoms with Gasteiger partial charge in [0.15, 0.2) is 0 Å². The van der Waals surface area contributed by atoms with Crippen LogP contribution in [0, 0.1) is 11.3 Å². The number of fused-ring (bicyclic) bond motifs is 1. The van der Waals surface area contributed by atoms with Gasteiger partial charge in [0.05, 0.1) is 22.5 Å². The number of rotatable bonds is 3. The molecule has 3 aromatic carbocycles. The Balaban J connectivity index is 1.69. The molecule has 0 aliphatic heterocycles. The second-order valence-corrected chi connectivity index (χ2v) is 5.70. The van der Waals surface area contributed by atoms with Crippen LogP contribution in [0.15, 0.2) is 77.6 Å². The molecular formula is C21H13N3O2. The van der Waals surface area contributed by atoms with Crippen LogP contribution in [0.5, 0.6) is 11.5 Å². The number of aromatic amines is 1. The molecule has 1 N–H and O–H groups in total. The molecule has 0 aliphatic carbocycles. The van der Waals surface area contributed by atoms with E-state index in [0.29, 0.717) is 33.8 Å². The molecule has 0 spiro atoms. The van der Waals surface area contributed by atoms with E-state index in [2.05, 4.69) is 16.0 Å². The van der Waals surface area contributed by atoms with Gasteiger partial charge >= 0.3 is 0 Å². The standard InChI is InChI=1S/C21H13N3O2/c22-13-14-8-10-16(11-9-14)26-17-5-3-4-15(12-17)20-23-19-7-2-1-6-18(19)21(25)24-20/h1-12H,(H,23,24,25). The lowest BCUT2D eigenvalue weighted by Crippen LogP contribution is -2.09. The monoisotopic (exact) mass is 339 g/mol. The number of benzene rings is 3. The maximum absolute atomic E-state index is 12.3. The van der Waals surface area contributed by atoms with Gasteiger partial charge in [-0.3, -0.25) is 4.79 Å². The molecule has 0 bridgehead atoms. The van der Waals surface area contributed by atoms with Crippen molar-refractivity contribution in [2.24, 2.45) is 0 Å². The molecule has 0 aliphatic rings. The minimum absolute atomic E-state index is 0.177. The molecule has 0 amide bonds. The lowest BCUT2D eigenvalue weighted by Gasteiger charge is -2.08. The average molecular weight is 339 g/mol. The van der Waals surface area contributed by atoms with E-state index in [4.69, 9.17) is 10.00 Å². The van der Waals surface area contributed by atoms with Gasteiger partial charge in [-0.15, -0.1) is 0 Å². The van der Waals surface area contributed by atoms with Crippen LogP contribution in [0.25, 0.3) is 22.3 Å². The summed E-state index contributed by atoms with van der Waals surface area (Å²) in [7, 11) is 0. The molecule has 1 aromatic heterocycles. The SMILES string of the molecule is N#Cc1ccc(Oc2cccc(-c3nc4ccccc4c(=O)[nH]3)c2)cc1. The number of hydrogen-bond acceptors (Lipinski definition) is 4. The van der Waals surface area contributed by atoms with Crippen LogP contribution >= 0.6 is 0 Å². The molecular weight excluding hydrogens is 326 g/mol. The van der Waals surface area contributed by atoms with Crippen LogP contribution in [0.4, 0.5) is 0 Å². The number of hydrogen-bond donors (Lipinski definition) is 1. The zero-order valence-electron chi connectivity index (χ0n) is 13.6. The fourth-order valence-electron chi connectivity index (χ4n) is 2.66. The Labute approximate surface area is 149 Å². The molecule has 26 heavy (non-hydrogen) atoms. The van der Waals surface area contributed by atoms with Crippen molar-refractivity contribution in [1.29, 1.82) is 5.26 Å². The van der Waals surface area contributed by atoms with Crippen LogP contribution in [-0.4, -0.2) is 9.97 Å². The van der Waals surface area contributed by atoms with Gasteiger partial charge in [0.2, 0.25) is 0 Å². The number of nitrogens with zero attached hydrogens (tertiary/aromatic N) is 2. The van der Waals surface area contributed by atoms with Crippen molar-refractivity contribution in [3.05, 3.63) is 88.7 Å². The maximum atomic E-state index is 12.3. The molecule has 4 aromatic rings. The lowest BCUT2D eigenvalue weighted by atomic mass is 10.2. The molecule has 0 saturated carbocycles. The summed E-state index contributed by atoms with van der Waals surface area (Å²) in [5.41, 5.74) is 1.79. The quantitative estimate of drug-likeness (QED) is 0.605. The van der Waals surface area contributed by atoms with Crippen molar-refractivity contribution in [2.75, 3.05) is 0 Å². The summed E-state index contributed by atoms with van der Waals surface area (Å²) in [6, 6.07) is 23.5. The highest BCUT2D eigenvalue weighted by molar-refractivity contribution is 5.79. The Morgan fingerprint density at radius 2 is 1.73 bits per heavy atom. The third-order valence-corrected chi connectivity index (χ3v) is 3.94. The van der Waals surface area contributed by atoms with Crippen molar-refractivity contribution < 1.29 is 4.74 Å². The summed E-state index contributed by atoms with van der Waals surface area (Å²) in [6.07, 6.45) is 0. The third-order valence-electron chi connectivity index (χ3n) is 3.94. The zero-order chi connectivity index (χ0) is 17.9. The Hall–Kier alpha value is -3.91. The van der Waals surface area contributed by atoms with E-state index < -0.39 is 0 Å². The van der Waals surface area contributed by atoms with Crippen molar-refractivity contribution in [3.8, 4) is 29.0 Å². The van der Waals surface area contributed by atoms with E-state index >= 15 is 0 Å². The van der Waals surface area contributed by atoms with Crippen LogP contribution in [0.2, 0.25) is 0 Å². The average Bonchev–Trinajstić information content (AvgIpc) is 2.69. The largest absolute Gasteiger partial charge is 0.457 e. The first kappa shape index (κ1) is 15.6. The highest BCUT2D eigenvalue weighted by Gasteiger charge is 2.07. The van der Waals surface area contributed by atoms with Gasteiger partial charge in [0.25, 0.3) is 5.56 Å². The first-order valence-corrected chi connectivity index (χ1v) is 8.00. The van der Waals surface area contributed by atoms with E-state index in [1.165, 1.54) is 0 Å². The van der Waals surface area contributed by atoms with E-state index in [-0.39, 0.29) is 5.56 Å². The maximum Gasteiger partial charge on any atom is 0.259 e. The Bertz CT molecular complexity index is 1190. The smallest absolute Gasteiger partial charge is 0.259 e. The molecule has 0 radical (unpaired) electrons. The number of para-hydroxylation sites is 1. The highest BCUT2D eigenvalue weighted by atomic mass is 16.5. The predicted octanol–water partition coefficient (Wildman–Crippen LogP) is 4.25. The number of H-pyrrole nitrogens is 1. The first-order chi connectivity index (χ1) is 12.7. The van der Waals surface area contributed by atoms with E-state index in [9.17, 15) is 4.79 Å². The zero-order valence-corrected chi connectivity index (χ0v) is 13.6. The van der Waals surface area contributed by atoms with Crippen molar-refractivity contribution in [2.45, 2.75) is 0 Å². The fraction of sp³-hybridized carbons (Fsp3) is 0. The normalized spacial score (nSPS) is 10.4. The molecule has 4 rings (SSSR count). The molecule has 1 heterocycles. The van der Waals surface area contributed by atoms with E-state index in [1.54, 1.807) is 30.3 Å². The second kappa shape index (κ2) is 6.54. The van der Waals surface area contributed by atoms with Gasteiger partial charge in [-0.2, -0.15) is 5.26 Å². The summed E-state index contributed by atoms with van der Waals surface area (Å²) in [4.78, 5) is 19.6. The summed E-state index contributed by atoms with van der Waals surface area (Å²) in [5.74, 6) is 1.73. The van der Waals surface area contributed by atoms with E-state index in [0.717, 1.165) is 5.56 Å². The highest BCUT2D eigenvalue weighted by Crippen LogP contribution is 2.26. The van der Waals surface area contributed by atoms with Crippen molar-refractivity contribution in [1.82, 2.24) is 9.97 Å². The third kappa shape index (κ3) is 3.04.